The van der Waals surface area contributed by atoms with E-state index in [4.69, 9.17) is 5.73 Å². The minimum atomic E-state index is 0.375. The van der Waals surface area contributed by atoms with Crippen LogP contribution in [-0.4, -0.2) is 21.2 Å². The van der Waals surface area contributed by atoms with Gasteiger partial charge in [0.25, 0.3) is 0 Å². The third-order valence-corrected chi connectivity index (χ3v) is 3.20. The lowest BCUT2D eigenvalue weighted by molar-refractivity contribution is 0.326. The predicted molar refractivity (Wildman–Crippen MR) is 60.5 cm³/mol. The highest BCUT2D eigenvalue weighted by Gasteiger charge is 2.21. The fourth-order valence-corrected chi connectivity index (χ4v) is 2.31. The monoisotopic (exact) mass is 209 g/mol. The van der Waals surface area contributed by atoms with Gasteiger partial charge in [-0.2, -0.15) is 4.98 Å². The SMILES string of the molecule is CCC1CCCC(Nc2n[nH]c(N)n2)C1. The van der Waals surface area contributed by atoms with Crippen molar-refractivity contribution >= 4 is 11.9 Å². The van der Waals surface area contributed by atoms with Crippen LogP contribution in [0.3, 0.4) is 0 Å². The molecule has 1 fully saturated rings. The summed E-state index contributed by atoms with van der Waals surface area (Å²) in [5.41, 5.74) is 5.47. The van der Waals surface area contributed by atoms with Gasteiger partial charge >= 0.3 is 0 Å². The molecule has 1 saturated carbocycles. The van der Waals surface area contributed by atoms with Gasteiger partial charge in [-0.15, -0.1) is 5.10 Å². The topological polar surface area (TPSA) is 79.6 Å². The van der Waals surface area contributed by atoms with Gasteiger partial charge in [0.05, 0.1) is 0 Å². The van der Waals surface area contributed by atoms with Crippen molar-refractivity contribution in [3.05, 3.63) is 0 Å². The number of nitrogens with one attached hydrogen (secondary N) is 2. The molecular weight excluding hydrogens is 190 g/mol. The highest BCUT2D eigenvalue weighted by Crippen LogP contribution is 2.27. The molecule has 0 amide bonds. The lowest BCUT2D eigenvalue weighted by atomic mass is 9.84. The Hall–Kier alpha value is -1.26. The van der Waals surface area contributed by atoms with Gasteiger partial charge in [-0.1, -0.05) is 26.2 Å². The van der Waals surface area contributed by atoms with E-state index in [9.17, 15) is 0 Å². The Morgan fingerprint density at radius 3 is 3.07 bits per heavy atom. The number of nitrogens with zero attached hydrogens (tertiary/aromatic N) is 2. The van der Waals surface area contributed by atoms with E-state index < -0.39 is 0 Å². The average Bonchev–Trinajstić information content (AvgIpc) is 2.64. The first-order chi connectivity index (χ1) is 7.28. The summed E-state index contributed by atoms with van der Waals surface area (Å²) in [4.78, 5) is 4.06. The van der Waals surface area contributed by atoms with Gasteiger partial charge in [0.2, 0.25) is 11.9 Å². The van der Waals surface area contributed by atoms with Crippen LogP contribution in [0.5, 0.6) is 0 Å². The maximum atomic E-state index is 5.47. The van der Waals surface area contributed by atoms with E-state index in [0.29, 0.717) is 17.9 Å². The Balaban J connectivity index is 1.88. The van der Waals surface area contributed by atoms with Crippen molar-refractivity contribution in [3.8, 4) is 0 Å². The molecule has 5 nitrogen and oxygen atoms in total. The number of anilines is 2. The molecule has 0 spiro atoms. The lowest BCUT2D eigenvalue weighted by Gasteiger charge is -2.28. The fourth-order valence-electron chi connectivity index (χ4n) is 2.31. The van der Waals surface area contributed by atoms with E-state index in [0.717, 1.165) is 5.92 Å². The molecule has 0 bridgehead atoms. The Bertz CT molecular complexity index is 309. The molecule has 0 aromatic carbocycles. The molecule has 0 aliphatic heterocycles. The number of aromatic amines is 1. The van der Waals surface area contributed by atoms with Crippen LogP contribution in [0.1, 0.15) is 39.0 Å². The van der Waals surface area contributed by atoms with Crippen LogP contribution in [0, 0.1) is 5.92 Å². The summed E-state index contributed by atoms with van der Waals surface area (Å²) >= 11 is 0. The van der Waals surface area contributed by atoms with Gasteiger partial charge < -0.3 is 11.1 Å². The Labute approximate surface area is 89.9 Å². The summed E-state index contributed by atoms with van der Waals surface area (Å²) < 4.78 is 0. The summed E-state index contributed by atoms with van der Waals surface area (Å²) in [7, 11) is 0. The number of hydrogen-bond donors (Lipinski definition) is 3. The second-order valence-corrected chi connectivity index (χ2v) is 4.33. The van der Waals surface area contributed by atoms with E-state index in [1.807, 2.05) is 0 Å². The molecule has 4 N–H and O–H groups in total. The molecule has 1 aliphatic carbocycles. The van der Waals surface area contributed by atoms with Crippen molar-refractivity contribution in [2.75, 3.05) is 11.1 Å². The minimum Gasteiger partial charge on any atom is -0.368 e. The molecule has 2 atom stereocenters. The standard InChI is InChI=1S/C10H19N5/c1-2-7-4-3-5-8(6-7)12-10-13-9(11)14-15-10/h7-8H,2-6H2,1H3,(H4,11,12,13,14,15). The number of H-pyrrole nitrogens is 1. The fraction of sp³-hybridized carbons (Fsp3) is 0.800. The van der Waals surface area contributed by atoms with E-state index in [2.05, 4.69) is 27.4 Å². The van der Waals surface area contributed by atoms with Crippen molar-refractivity contribution in [1.29, 1.82) is 0 Å². The van der Waals surface area contributed by atoms with Crippen LogP contribution in [0.25, 0.3) is 0 Å². The summed E-state index contributed by atoms with van der Waals surface area (Å²) in [6.45, 7) is 2.26. The molecule has 5 heteroatoms. The van der Waals surface area contributed by atoms with E-state index in [-0.39, 0.29) is 0 Å². The zero-order valence-electron chi connectivity index (χ0n) is 9.16. The maximum absolute atomic E-state index is 5.47. The van der Waals surface area contributed by atoms with Crippen LogP contribution in [0.4, 0.5) is 11.9 Å². The van der Waals surface area contributed by atoms with Gasteiger partial charge in [0, 0.05) is 6.04 Å². The third kappa shape index (κ3) is 2.61. The van der Waals surface area contributed by atoms with E-state index in [1.54, 1.807) is 0 Å². The molecule has 84 valence electrons. The number of nitrogen functional groups attached to an aromatic ring is 1. The molecule has 1 aromatic rings. The van der Waals surface area contributed by atoms with Gasteiger partial charge in [0.1, 0.15) is 0 Å². The second kappa shape index (κ2) is 4.51. The number of hydrogen-bond acceptors (Lipinski definition) is 4. The highest BCUT2D eigenvalue weighted by atomic mass is 15.3. The van der Waals surface area contributed by atoms with Crippen LogP contribution in [0.15, 0.2) is 0 Å². The van der Waals surface area contributed by atoms with Gasteiger partial charge in [-0.3, -0.25) is 0 Å². The molecule has 1 aromatic heterocycles. The molecule has 15 heavy (non-hydrogen) atoms. The number of aromatic nitrogens is 3. The van der Waals surface area contributed by atoms with Crippen LogP contribution < -0.4 is 11.1 Å². The number of nitrogens with two attached hydrogens (primary N) is 1. The summed E-state index contributed by atoms with van der Waals surface area (Å²) in [5.74, 6) is 1.86. The third-order valence-electron chi connectivity index (χ3n) is 3.20. The largest absolute Gasteiger partial charge is 0.368 e. The molecular formula is C10H19N5. The zero-order chi connectivity index (χ0) is 10.7. The molecule has 2 unspecified atom stereocenters. The van der Waals surface area contributed by atoms with Crippen LogP contribution in [-0.2, 0) is 0 Å². The van der Waals surface area contributed by atoms with E-state index >= 15 is 0 Å². The first-order valence-electron chi connectivity index (χ1n) is 5.72. The smallest absolute Gasteiger partial charge is 0.243 e. The second-order valence-electron chi connectivity index (χ2n) is 4.33. The highest BCUT2D eigenvalue weighted by molar-refractivity contribution is 5.30. The van der Waals surface area contributed by atoms with Crippen LogP contribution >= 0.6 is 0 Å². The summed E-state index contributed by atoms with van der Waals surface area (Å²) in [5, 5.41) is 9.96. The normalized spacial score (nSPS) is 26.5. The molecule has 1 aliphatic rings. The first kappa shape index (κ1) is 10.3. The van der Waals surface area contributed by atoms with Crippen molar-refractivity contribution in [2.45, 2.75) is 45.1 Å². The predicted octanol–water partition coefficient (Wildman–Crippen LogP) is 1.77. The van der Waals surface area contributed by atoms with Gasteiger partial charge in [-0.05, 0) is 18.8 Å². The van der Waals surface area contributed by atoms with Gasteiger partial charge in [-0.25, -0.2) is 5.10 Å². The summed E-state index contributed by atoms with van der Waals surface area (Å²) in [6, 6.07) is 0.513. The Morgan fingerprint density at radius 2 is 2.40 bits per heavy atom. The zero-order valence-corrected chi connectivity index (χ0v) is 9.16. The summed E-state index contributed by atoms with van der Waals surface area (Å²) in [6.07, 6.45) is 6.38. The molecule has 0 saturated heterocycles. The van der Waals surface area contributed by atoms with Gasteiger partial charge in [0.15, 0.2) is 0 Å². The van der Waals surface area contributed by atoms with Crippen molar-refractivity contribution < 1.29 is 0 Å². The average molecular weight is 209 g/mol. The number of rotatable bonds is 3. The van der Waals surface area contributed by atoms with Crippen LogP contribution in [0.2, 0.25) is 0 Å². The minimum absolute atomic E-state index is 0.375. The quantitative estimate of drug-likeness (QED) is 0.708. The van der Waals surface area contributed by atoms with Crippen molar-refractivity contribution in [3.63, 3.8) is 0 Å². The molecule has 0 radical (unpaired) electrons. The lowest BCUT2D eigenvalue weighted by Crippen LogP contribution is -2.27. The van der Waals surface area contributed by atoms with Crippen molar-refractivity contribution in [2.24, 2.45) is 5.92 Å². The maximum Gasteiger partial charge on any atom is 0.243 e. The Kier molecular flexibility index (Phi) is 3.08. The first-order valence-corrected chi connectivity index (χ1v) is 5.72. The molecule has 1 heterocycles. The Morgan fingerprint density at radius 1 is 1.53 bits per heavy atom. The van der Waals surface area contributed by atoms with Crippen molar-refractivity contribution in [1.82, 2.24) is 15.2 Å². The van der Waals surface area contributed by atoms with E-state index in [1.165, 1.54) is 32.1 Å². The molecule has 2 rings (SSSR count).